The van der Waals surface area contributed by atoms with Gasteiger partial charge in [-0.2, -0.15) is 9.90 Å². The van der Waals surface area contributed by atoms with Crippen molar-refractivity contribution in [2.24, 2.45) is 5.10 Å². The molecule has 98 valence electrons. The minimum absolute atomic E-state index is 0.0189. The lowest BCUT2D eigenvalue weighted by atomic mass is 10.2. The highest BCUT2D eigenvalue weighted by atomic mass is 79.9. The van der Waals surface area contributed by atoms with Gasteiger partial charge in [-0.25, -0.2) is 5.43 Å². The summed E-state index contributed by atoms with van der Waals surface area (Å²) in [6, 6.07) is 7.50. The lowest BCUT2D eigenvalue weighted by Gasteiger charge is -1.98. The van der Waals surface area contributed by atoms with Gasteiger partial charge in [-0.05, 0) is 22.9 Å². The van der Waals surface area contributed by atoms with Gasteiger partial charge in [0.2, 0.25) is 0 Å². The summed E-state index contributed by atoms with van der Waals surface area (Å²) < 4.78 is 0.935. The monoisotopic (exact) mass is 323 g/mol. The molecule has 8 nitrogen and oxygen atoms in total. The molecule has 0 aliphatic rings. The number of amides is 1. The molecule has 0 saturated carbocycles. The van der Waals surface area contributed by atoms with E-state index in [4.69, 9.17) is 5.73 Å². The van der Waals surface area contributed by atoms with E-state index in [9.17, 15) is 4.79 Å². The van der Waals surface area contributed by atoms with Crippen molar-refractivity contribution in [1.29, 1.82) is 0 Å². The summed E-state index contributed by atoms with van der Waals surface area (Å²) in [5.74, 6) is -0.353. The maximum atomic E-state index is 11.5. The molecule has 0 atom stereocenters. The van der Waals surface area contributed by atoms with Crippen LogP contribution in [0.25, 0.3) is 0 Å². The number of benzene rings is 1. The molecule has 0 saturated heterocycles. The first-order valence-electron chi connectivity index (χ1n) is 5.24. The van der Waals surface area contributed by atoms with Gasteiger partial charge >= 0.3 is 0 Å². The zero-order valence-electron chi connectivity index (χ0n) is 9.69. The highest BCUT2D eigenvalue weighted by molar-refractivity contribution is 9.10. The molecule has 9 heteroatoms. The average molecular weight is 324 g/mol. The van der Waals surface area contributed by atoms with E-state index >= 15 is 0 Å². The Morgan fingerprint density at radius 2 is 2.42 bits per heavy atom. The van der Waals surface area contributed by atoms with Crippen LogP contribution in [0, 0.1) is 0 Å². The number of nitrogen functional groups attached to an aromatic ring is 1. The highest BCUT2D eigenvalue weighted by Gasteiger charge is 2.04. The standard InChI is InChI=1S/C10H10BrN7O/c11-8-3-1-2-7(4-8)5-13-14-9(19)6-18-16-10(12)15-17-18/h1-5H,6H2,(H2,12,16)(H,14,19)/b13-5+. The molecule has 19 heavy (non-hydrogen) atoms. The van der Waals surface area contributed by atoms with Crippen LogP contribution in [0.4, 0.5) is 5.95 Å². The molecule has 0 unspecified atom stereocenters. The second kappa shape index (κ2) is 6.05. The Kier molecular flexibility index (Phi) is 4.18. The van der Waals surface area contributed by atoms with Crippen molar-refractivity contribution >= 4 is 34.0 Å². The van der Waals surface area contributed by atoms with Crippen molar-refractivity contribution in [2.75, 3.05) is 5.73 Å². The number of aromatic nitrogens is 4. The topological polar surface area (TPSA) is 111 Å². The molecule has 1 amide bonds. The minimum Gasteiger partial charge on any atom is -0.365 e. The number of nitrogens with zero attached hydrogens (tertiary/aromatic N) is 5. The molecule has 0 radical (unpaired) electrons. The van der Waals surface area contributed by atoms with E-state index in [2.05, 4.69) is 41.9 Å². The van der Waals surface area contributed by atoms with Gasteiger partial charge in [0.25, 0.3) is 11.9 Å². The Bertz CT molecular complexity index is 609. The first kappa shape index (κ1) is 13.1. The second-order valence-electron chi connectivity index (χ2n) is 3.53. The third kappa shape index (κ3) is 4.14. The number of nitrogens with one attached hydrogen (secondary N) is 1. The summed E-state index contributed by atoms with van der Waals surface area (Å²) in [4.78, 5) is 12.6. The zero-order valence-corrected chi connectivity index (χ0v) is 11.3. The van der Waals surface area contributed by atoms with Crippen LogP contribution in [0.5, 0.6) is 0 Å². The van der Waals surface area contributed by atoms with Crippen LogP contribution >= 0.6 is 15.9 Å². The van der Waals surface area contributed by atoms with Crippen LogP contribution in [0.3, 0.4) is 0 Å². The summed E-state index contributed by atoms with van der Waals surface area (Å²) in [6.07, 6.45) is 1.53. The Morgan fingerprint density at radius 1 is 1.58 bits per heavy atom. The number of hydrogen-bond donors (Lipinski definition) is 2. The number of halogens is 1. The fourth-order valence-corrected chi connectivity index (χ4v) is 1.67. The van der Waals surface area contributed by atoms with Crippen LogP contribution < -0.4 is 11.2 Å². The van der Waals surface area contributed by atoms with Gasteiger partial charge in [0, 0.05) is 4.47 Å². The molecule has 1 heterocycles. The maximum absolute atomic E-state index is 11.5. The molecular weight excluding hydrogens is 314 g/mol. The van der Waals surface area contributed by atoms with E-state index in [-0.39, 0.29) is 18.4 Å². The molecule has 1 aromatic heterocycles. The molecule has 3 N–H and O–H groups in total. The zero-order chi connectivity index (χ0) is 13.7. The second-order valence-corrected chi connectivity index (χ2v) is 4.44. The van der Waals surface area contributed by atoms with E-state index < -0.39 is 0 Å². The molecule has 2 aromatic rings. The predicted molar refractivity (Wildman–Crippen MR) is 72.1 cm³/mol. The van der Waals surface area contributed by atoms with Gasteiger partial charge in [-0.1, -0.05) is 33.2 Å². The van der Waals surface area contributed by atoms with E-state index in [0.717, 1.165) is 14.8 Å². The van der Waals surface area contributed by atoms with E-state index in [1.165, 1.54) is 6.21 Å². The third-order valence-corrected chi connectivity index (χ3v) is 2.50. The van der Waals surface area contributed by atoms with E-state index in [1.54, 1.807) is 0 Å². The molecule has 1 aromatic carbocycles. The normalized spacial score (nSPS) is 10.8. The average Bonchev–Trinajstić information content (AvgIpc) is 2.75. The predicted octanol–water partition coefficient (Wildman–Crippen LogP) is 0.168. The first-order valence-corrected chi connectivity index (χ1v) is 6.03. The summed E-state index contributed by atoms with van der Waals surface area (Å²) in [5.41, 5.74) is 8.49. The van der Waals surface area contributed by atoms with Gasteiger partial charge in [-0.15, -0.1) is 5.10 Å². The maximum Gasteiger partial charge on any atom is 0.263 e. The fraction of sp³-hybridized carbons (Fsp3) is 0.100. The van der Waals surface area contributed by atoms with Crippen molar-refractivity contribution in [3.8, 4) is 0 Å². The molecular formula is C10H10BrN7O. The van der Waals surface area contributed by atoms with Crippen LogP contribution in [0.2, 0.25) is 0 Å². The summed E-state index contributed by atoms with van der Waals surface area (Å²) in [5, 5.41) is 14.5. The third-order valence-electron chi connectivity index (χ3n) is 2.00. The molecule has 0 aliphatic carbocycles. The van der Waals surface area contributed by atoms with E-state index in [0.29, 0.717) is 0 Å². The lowest BCUT2D eigenvalue weighted by molar-refractivity contribution is -0.122. The van der Waals surface area contributed by atoms with Crippen LogP contribution in [-0.2, 0) is 11.3 Å². The SMILES string of the molecule is Nc1nnn(CC(=O)N/N=C/c2cccc(Br)c2)n1. The summed E-state index contributed by atoms with van der Waals surface area (Å²) >= 11 is 3.34. The number of carbonyl (C=O) groups is 1. The van der Waals surface area contributed by atoms with Crippen LogP contribution in [0.15, 0.2) is 33.8 Å². The van der Waals surface area contributed by atoms with Crippen molar-refractivity contribution in [3.63, 3.8) is 0 Å². The fourth-order valence-electron chi connectivity index (χ4n) is 1.25. The molecule has 0 fully saturated rings. The molecule has 2 rings (SSSR count). The van der Waals surface area contributed by atoms with Gasteiger partial charge in [0.1, 0.15) is 6.54 Å². The molecule has 0 spiro atoms. The Balaban J connectivity index is 1.86. The quantitative estimate of drug-likeness (QED) is 0.615. The number of anilines is 1. The molecule has 0 aliphatic heterocycles. The number of nitrogens with two attached hydrogens (primary N) is 1. The largest absolute Gasteiger partial charge is 0.365 e. The highest BCUT2D eigenvalue weighted by Crippen LogP contribution is 2.09. The van der Waals surface area contributed by atoms with Crippen LogP contribution in [0.1, 0.15) is 5.56 Å². The number of tetrazole rings is 1. The number of rotatable bonds is 4. The van der Waals surface area contributed by atoms with Gasteiger partial charge in [0.15, 0.2) is 0 Å². The first-order chi connectivity index (χ1) is 9.13. The Labute approximate surface area is 116 Å². The number of hydrazone groups is 1. The number of hydrogen-bond acceptors (Lipinski definition) is 6. The Morgan fingerprint density at radius 3 is 3.11 bits per heavy atom. The van der Waals surface area contributed by atoms with Gasteiger partial charge in [-0.3, -0.25) is 4.79 Å². The number of carbonyl (C=O) groups excluding carboxylic acids is 1. The van der Waals surface area contributed by atoms with Crippen LogP contribution in [-0.4, -0.2) is 32.3 Å². The Hall–Kier alpha value is -2.29. The van der Waals surface area contributed by atoms with E-state index in [1.807, 2.05) is 24.3 Å². The summed E-state index contributed by atoms with van der Waals surface area (Å²) in [7, 11) is 0. The van der Waals surface area contributed by atoms with Gasteiger partial charge < -0.3 is 5.73 Å². The smallest absolute Gasteiger partial charge is 0.263 e. The van der Waals surface area contributed by atoms with Crippen molar-refractivity contribution in [2.45, 2.75) is 6.54 Å². The molecule has 0 bridgehead atoms. The van der Waals surface area contributed by atoms with Crippen molar-refractivity contribution < 1.29 is 4.79 Å². The van der Waals surface area contributed by atoms with Gasteiger partial charge in [0.05, 0.1) is 6.21 Å². The van der Waals surface area contributed by atoms with Crippen molar-refractivity contribution in [3.05, 3.63) is 34.3 Å². The minimum atomic E-state index is -0.372. The summed E-state index contributed by atoms with van der Waals surface area (Å²) in [6.45, 7) is -0.0972. The van der Waals surface area contributed by atoms with Crippen molar-refractivity contribution in [1.82, 2.24) is 25.6 Å². The lowest BCUT2D eigenvalue weighted by Crippen LogP contribution is -2.24.